The van der Waals surface area contributed by atoms with E-state index in [1.807, 2.05) is 6.92 Å². The molecule has 2 aromatic rings. The number of rotatable bonds is 8. The normalized spacial score (nSPS) is 15.1. The van der Waals surface area contributed by atoms with Crippen molar-refractivity contribution < 1.29 is 13.2 Å². The second-order valence-electron chi connectivity index (χ2n) is 7.90. The summed E-state index contributed by atoms with van der Waals surface area (Å²) < 4.78 is 26.9. The van der Waals surface area contributed by atoms with Crippen LogP contribution in [0.15, 0.2) is 47.4 Å². The van der Waals surface area contributed by atoms with E-state index in [1.54, 1.807) is 13.0 Å². The quantitative estimate of drug-likeness (QED) is 0.652. The molecule has 1 heterocycles. The van der Waals surface area contributed by atoms with E-state index in [4.69, 9.17) is 0 Å². The monoisotopic (exact) mass is 444 g/mol. The summed E-state index contributed by atoms with van der Waals surface area (Å²) >= 11 is 0. The lowest BCUT2D eigenvalue weighted by Crippen LogP contribution is -2.48. The van der Waals surface area contributed by atoms with E-state index >= 15 is 0 Å². The molecule has 168 valence electrons. The standard InChI is InChI=1S/C23H32N4O3S/c1-4-25-31(29,30)21-9-8-19(3)22(17-21)23(28)24-10-11-26-12-14-27(15-13-26)20-7-5-6-18(2)16-20/h5-9,16-17,25H,4,10-15H2,1-3H3,(H,24,28). The van der Waals surface area contributed by atoms with Gasteiger partial charge in [0.25, 0.3) is 5.91 Å². The fourth-order valence-electron chi connectivity index (χ4n) is 3.76. The van der Waals surface area contributed by atoms with Crippen LogP contribution in [-0.4, -0.2) is 65.0 Å². The molecule has 31 heavy (non-hydrogen) atoms. The summed E-state index contributed by atoms with van der Waals surface area (Å²) in [5, 5.41) is 2.94. The van der Waals surface area contributed by atoms with Crippen molar-refractivity contribution in [2.24, 2.45) is 0 Å². The molecule has 0 unspecified atom stereocenters. The van der Waals surface area contributed by atoms with Gasteiger partial charge in [-0.3, -0.25) is 9.69 Å². The number of hydrogen-bond acceptors (Lipinski definition) is 5. The molecule has 0 radical (unpaired) electrons. The Balaban J connectivity index is 1.51. The van der Waals surface area contributed by atoms with Gasteiger partial charge in [-0.1, -0.05) is 25.1 Å². The van der Waals surface area contributed by atoms with Crippen molar-refractivity contribution in [3.63, 3.8) is 0 Å². The van der Waals surface area contributed by atoms with Crippen molar-refractivity contribution in [3.8, 4) is 0 Å². The minimum Gasteiger partial charge on any atom is -0.369 e. The zero-order chi connectivity index (χ0) is 22.4. The van der Waals surface area contributed by atoms with Gasteiger partial charge < -0.3 is 10.2 Å². The highest BCUT2D eigenvalue weighted by molar-refractivity contribution is 7.89. The molecule has 2 aromatic carbocycles. The molecule has 0 atom stereocenters. The lowest BCUT2D eigenvalue weighted by Gasteiger charge is -2.36. The molecular formula is C23H32N4O3S. The molecule has 0 bridgehead atoms. The molecule has 1 saturated heterocycles. The Morgan fingerprint density at radius 3 is 2.45 bits per heavy atom. The highest BCUT2D eigenvalue weighted by Crippen LogP contribution is 2.18. The van der Waals surface area contributed by atoms with Gasteiger partial charge >= 0.3 is 0 Å². The minimum absolute atomic E-state index is 0.109. The molecule has 1 fully saturated rings. The highest BCUT2D eigenvalue weighted by Gasteiger charge is 2.19. The maximum absolute atomic E-state index is 12.7. The number of benzene rings is 2. The van der Waals surface area contributed by atoms with Gasteiger partial charge in [-0.15, -0.1) is 0 Å². The molecule has 2 N–H and O–H groups in total. The Morgan fingerprint density at radius 1 is 1.03 bits per heavy atom. The average molecular weight is 445 g/mol. The lowest BCUT2D eigenvalue weighted by molar-refractivity contribution is 0.0947. The van der Waals surface area contributed by atoms with Crippen LogP contribution in [0, 0.1) is 13.8 Å². The van der Waals surface area contributed by atoms with Crippen LogP contribution in [0.2, 0.25) is 0 Å². The molecule has 8 heteroatoms. The Kier molecular flexibility index (Phi) is 7.69. The van der Waals surface area contributed by atoms with Gasteiger partial charge in [0, 0.05) is 57.1 Å². The van der Waals surface area contributed by atoms with E-state index in [0.717, 1.165) is 38.3 Å². The van der Waals surface area contributed by atoms with Crippen LogP contribution in [0.4, 0.5) is 5.69 Å². The number of anilines is 1. The topological polar surface area (TPSA) is 81.7 Å². The number of carbonyl (C=O) groups excluding carboxylic acids is 1. The van der Waals surface area contributed by atoms with Crippen molar-refractivity contribution in [2.45, 2.75) is 25.7 Å². The zero-order valence-electron chi connectivity index (χ0n) is 18.5. The predicted octanol–water partition coefficient (Wildman–Crippen LogP) is 2.15. The summed E-state index contributed by atoms with van der Waals surface area (Å²) in [7, 11) is -3.59. The van der Waals surface area contributed by atoms with Crippen molar-refractivity contribution in [3.05, 3.63) is 59.2 Å². The largest absolute Gasteiger partial charge is 0.369 e. The van der Waals surface area contributed by atoms with Crippen LogP contribution in [0.5, 0.6) is 0 Å². The molecule has 1 amide bonds. The van der Waals surface area contributed by atoms with E-state index in [0.29, 0.717) is 18.7 Å². The van der Waals surface area contributed by atoms with Crippen LogP contribution >= 0.6 is 0 Å². The summed E-state index contributed by atoms with van der Waals surface area (Å²) in [5.74, 6) is -0.246. The van der Waals surface area contributed by atoms with Gasteiger partial charge in [0.15, 0.2) is 0 Å². The van der Waals surface area contributed by atoms with Crippen LogP contribution in [0.25, 0.3) is 0 Å². The third kappa shape index (κ3) is 6.06. The van der Waals surface area contributed by atoms with Crippen molar-refractivity contribution in [1.29, 1.82) is 0 Å². The maximum Gasteiger partial charge on any atom is 0.251 e. The van der Waals surface area contributed by atoms with E-state index in [-0.39, 0.29) is 10.8 Å². The van der Waals surface area contributed by atoms with Crippen molar-refractivity contribution in [2.75, 3.05) is 50.7 Å². The Morgan fingerprint density at radius 2 is 1.77 bits per heavy atom. The third-order valence-corrected chi connectivity index (χ3v) is 7.09. The predicted molar refractivity (Wildman–Crippen MR) is 124 cm³/mol. The Bertz CT molecular complexity index is 1020. The van der Waals surface area contributed by atoms with Gasteiger partial charge in [0.1, 0.15) is 0 Å². The fourth-order valence-corrected chi connectivity index (χ4v) is 4.83. The maximum atomic E-state index is 12.7. The fraction of sp³-hybridized carbons (Fsp3) is 0.435. The molecular weight excluding hydrogens is 412 g/mol. The Hall–Kier alpha value is -2.42. The molecule has 0 aliphatic carbocycles. The van der Waals surface area contributed by atoms with Gasteiger partial charge in [0.2, 0.25) is 10.0 Å². The van der Waals surface area contributed by atoms with Crippen LogP contribution < -0.4 is 14.9 Å². The zero-order valence-corrected chi connectivity index (χ0v) is 19.3. The SMILES string of the molecule is CCNS(=O)(=O)c1ccc(C)c(C(=O)NCCN2CCN(c3cccc(C)c3)CC2)c1. The second kappa shape index (κ2) is 10.3. The number of hydrogen-bond donors (Lipinski definition) is 2. The number of piperazine rings is 1. The molecule has 0 spiro atoms. The molecule has 7 nitrogen and oxygen atoms in total. The summed E-state index contributed by atoms with van der Waals surface area (Å²) in [5.41, 5.74) is 3.67. The molecule has 0 aromatic heterocycles. The van der Waals surface area contributed by atoms with E-state index < -0.39 is 10.0 Å². The number of nitrogens with zero attached hydrogens (tertiary/aromatic N) is 2. The molecule has 0 saturated carbocycles. The summed E-state index contributed by atoms with van der Waals surface area (Å²) in [6.45, 7) is 11.0. The van der Waals surface area contributed by atoms with E-state index in [1.165, 1.54) is 23.4 Å². The average Bonchev–Trinajstić information content (AvgIpc) is 2.74. The van der Waals surface area contributed by atoms with Gasteiger partial charge in [-0.05, 0) is 49.2 Å². The number of amides is 1. The van der Waals surface area contributed by atoms with Gasteiger partial charge in [0.05, 0.1) is 4.90 Å². The van der Waals surface area contributed by atoms with Crippen LogP contribution in [0.1, 0.15) is 28.4 Å². The summed E-state index contributed by atoms with van der Waals surface area (Å²) in [4.78, 5) is 17.5. The van der Waals surface area contributed by atoms with Crippen LogP contribution in [-0.2, 0) is 10.0 Å². The number of sulfonamides is 1. The van der Waals surface area contributed by atoms with Crippen molar-refractivity contribution in [1.82, 2.24) is 14.9 Å². The molecule has 1 aliphatic rings. The first-order chi connectivity index (χ1) is 14.8. The first-order valence-electron chi connectivity index (χ1n) is 10.7. The van der Waals surface area contributed by atoms with Crippen molar-refractivity contribution >= 4 is 21.6 Å². The van der Waals surface area contributed by atoms with Crippen LogP contribution in [0.3, 0.4) is 0 Å². The first-order valence-corrected chi connectivity index (χ1v) is 12.2. The first kappa shape index (κ1) is 23.2. The smallest absolute Gasteiger partial charge is 0.251 e. The summed E-state index contributed by atoms with van der Waals surface area (Å²) in [6, 6.07) is 13.2. The summed E-state index contributed by atoms with van der Waals surface area (Å²) in [6.07, 6.45) is 0. The Labute approximate surface area is 185 Å². The van der Waals surface area contributed by atoms with E-state index in [9.17, 15) is 13.2 Å². The molecule has 3 rings (SSSR count). The van der Waals surface area contributed by atoms with Gasteiger partial charge in [-0.2, -0.15) is 0 Å². The minimum atomic E-state index is -3.59. The number of carbonyl (C=O) groups is 1. The number of aryl methyl sites for hydroxylation is 2. The lowest BCUT2D eigenvalue weighted by atomic mass is 10.1. The highest BCUT2D eigenvalue weighted by atomic mass is 32.2. The number of nitrogens with one attached hydrogen (secondary N) is 2. The van der Waals surface area contributed by atoms with Gasteiger partial charge in [-0.25, -0.2) is 13.1 Å². The second-order valence-corrected chi connectivity index (χ2v) is 9.67. The molecule has 1 aliphatic heterocycles. The third-order valence-electron chi connectivity index (χ3n) is 5.55. The van der Waals surface area contributed by atoms with E-state index in [2.05, 4.69) is 51.0 Å².